The predicted octanol–water partition coefficient (Wildman–Crippen LogP) is -1.30. The highest BCUT2D eigenvalue weighted by atomic mass is 16.6. The number of imidazole rings is 1. The molecule has 0 unspecified atom stereocenters. The van der Waals surface area contributed by atoms with Crippen LogP contribution >= 0.6 is 0 Å². The topological polar surface area (TPSA) is 367 Å². The predicted molar refractivity (Wildman–Crippen MR) is 189 cm³/mol. The Balaban J connectivity index is 0.000000816. The van der Waals surface area contributed by atoms with E-state index in [1.165, 1.54) is 6.33 Å². The Hall–Kier alpha value is -4.95. The number of ether oxygens (including phenoxy) is 2. The number of aliphatic imine (C=N–C) groups is 1. The fourth-order valence-electron chi connectivity index (χ4n) is 3.59. The van der Waals surface area contributed by atoms with Crippen molar-refractivity contribution in [3.8, 4) is 5.75 Å². The quantitative estimate of drug-likeness (QED) is 0.0226. The van der Waals surface area contributed by atoms with Gasteiger partial charge in [-0.25, -0.2) is 19.4 Å². The summed E-state index contributed by atoms with van der Waals surface area (Å²) in [6.07, 6.45) is 5.14. The number of carboxylic acid groups (broad SMARTS) is 2. The molecule has 0 saturated heterocycles. The van der Waals surface area contributed by atoms with Crippen LogP contribution in [0.4, 0.5) is 0 Å². The molecule has 1 aromatic carbocycles. The lowest BCUT2D eigenvalue weighted by Crippen LogP contribution is -2.42. The maximum atomic E-state index is 11.9. The van der Waals surface area contributed by atoms with E-state index in [2.05, 4.69) is 19.7 Å². The van der Waals surface area contributed by atoms with Gasteiger partial charge >= 0.3 is 29.8 Å². The van der Waals surface area contributed by atoms with Gasteiger partial charge in [0.25, 0.3) is 0 Å². The number of guanidine groups is 1. The van der Waals surface area contributed by atoms with Crippen molar-refractivity contribution in [3.63, 3.8) is 0 Å². The van der Waals surface area contributed by atoms with Crippen molar-refractivity contribution in [2.45, 2.75) is 90.0 Å². The number of benzene rings is 1. The number of hydrogen-bond donors (Lipinski definition) is 10. The molecule has 6 atom stereocenters. The second-order valence-corrected chi connectivity index (χ2v) is 11.9. The summed E-state index contributed by atoms with van der Waals surface area (Å²) in [6, 6.07) is 2.26. The van der Waals surface area contributed by atoms with Crippen LogP contribution in [-0.4, -0.2) is 92.7 Å². The first-order valence-electron chi connectivity index (χ1n) is 16.1. The number of rotatable bonds is 17. The normalized spacial score (nSPS) is 14.1. The number of nitrogens with two attached hydrogens (primary N) is 7. The highest BCUT2D eigenvalue weighted by molar-refractivity contribution is 5.90. The van der Waals surface area contributed by atoms with Gasteiger partial charge in [0.15, 0.2) is 5.96 Å². The Kier molecular flexibility index (Phi) is 21.9. The van der Waals surface area contributed by atoms with Crippen molar-refractivity contribution < 1.29 is 43.7 Å². The molecule has 0 aliphatic heterocycles. The molecule has 2 rings (SSSR count). The molecule has 19 heteroatoms. The summed E-state index contributed by atoms with van der Waals surface area (Å²) in [5.74, 6) is -3.80. The molecular formula is C32H54N10O9. The molecule has 19 nitrogen and oxygen atoms in total. The van der Waals surface area contributed by atoms with Gasteiger partial charge in [0, 0.05) is 24.9 Å². The molecule has 0 bridgehead atoms. The molecule has 0 fully saturated rings. The van der Waals surface area contributed by atoms with E-state index in [0.29, 0.717) is 31.6 Å². The fourth-order valence-corrected chi connectivity index (χ4v) is 3.59. The Morgan fingerprint density at radius 1 is 0.824 bits per heavy atom. The largest absolute Gasteiger partial charge is 0.480 e. The standard InChI is InChI=1S/C15H18N4O4.C12H25N5O3.C5H11NO2/c16-12(14(20)21)5-9-1-3-11(4-2-9)23-15(22)13(17)6-10-7-18-8-19-10;1-3-7(2)9(14)11(19)20-10(18)8(13)5-4-6-17-12(15)16;1-3(2)4(6)5(7)8/h1-4,7-8,12-13H,5-6,16-17H2,(H,18,19)(H,20,21);7-9H,3-6,13-14H2,1-2H3,(H4,15,16,17);3-4H,6H2,1-2H3,(H,7,8)/t12-,13-;7-,8-,9-;4-/m000/s1. The van der Waals surface area contributed by atoms with E-state index >= 15 is 0 Å². The van der Waals surface area contributed by atoms with Gasteiger partial charge in [0.1, 0.15) is 36.0 Å². The monoisotopic (exact) mass is 722 g/mol. The van der Waals surface area contributed by atoms with Crippen molar-refractivity contribution in [1.82, 2.24) is 9.97 Å². The zero-order chi connectivity index (χ0) is 39.3. The van der Waals surface area contributed by atoms with Gasteiger partial charge in [-0.1, -0.05) is 46.2 Å². The number of nitrogens with one attached hydrogen (secondary N) is 1. The summed E-state index contributed by atoms with van der Waals surface area (Å²) in [5.41, 5.74) is 39.5. The SMILES string of the molecule is CC(C)[C@H](N)C(=O)O.CC[C@H](C)[C@H](N)C(=O)OC(=O)[C@@H](N)CCCN=C(N)N.N[C@@H](Cc1ccc(OC(=O)[C@@H](N)Cc2cnc[nH]2)cc1)C(=O)O. The van der Waals surface area contributed by atoms with Crippen LogP contribution in [0.3, 0.4) is 0 Å². The zero-order valence-electron chi connectivity index (χ0n) is 29.4. The summed E-state index contributed by atoms with van der Waals surface area (Å²) < 4.78 is 9.85. The van der Waals surface area contributed by atoms with Crippen LogP contribution in [0.15, 0.2) is 41.8 Å². The third kappa shape index (κ3) is 19.7. The maximum absolute atomic E-state index is 11.9. The van der Waals surface area contributed by atoms with E-state index in [9.17, 15) is 24.0 Å². The van der Waals surface area contributed by atoms with Gasteiger partial charge < -0.3 is 64.8 Å². The highest BCUT2D eigenvalue weighted by Crippen LogP contribution is 2.14. The number of esters is 3. The molecule has 1 heterocycles. The molecule has 17 N–H and O–H groups in total. The van der Waals surface area contributed by atoms with Crippen molar-refractivity contribution in [2.24, 2.45) is 57.0 Å². The minimum absolute atomic E-state index is 0.0177. The molecule has 0 spiro atoms. The Morgan fingerprint density at radius 2 is 1.43 bits per heavy atom. The van der Waals surface area contributed by atoms with Gasteiger partial charge in [-0.2, -0.15) is 0 Å². The van der Waals surface area contributed by atoms with Crippen LogP contribution in [0.25, 0.3) is 0 Å². The van der Waals surface area contributed by atoms with Crippen LogP contribution in [0.5, 0.6) is 5.75 Å². The van der Waals surface area contributed by atoms with E-state index in [1.54, 1.807) is 44.3 Å². The number of aromatic amines is 1. The highest BCUT2D eigenvalue weighted by Gasteiger charge is 2.26. The maximum Gasteiger partial charge on any atom is 0.330 e. The number of aromatic nitrogens is 2. The van der Waals surface area contributed by atoms with E-state index in [4.69, 9.17) is 55.1 Å². The van der Waals surface area contributed by atoms with Crippen LogP contribution in [0.1, 0.15) is 58.2 Å². The minimum Gasteiger partial charge on any atom is -0.480 e. The van der Waals surface area contributed by atoms with Gasteiger partial charge in [0.2, 0.25) is 0 Å². The molecule has 0 radical (unpaired) electrons. The number of H-pyrrole nitrogens is 1. The van der Waals surface area contributed by atoms with Crippen LogP contribution in [0, 0.1) is 11.8 Å². The smallest absolute Gasteiger partial charge is 0.330 e. The van der Waals surface area contributed by atoms with Gasteiger partial charge in [-0.05, 0) is 48.8 Å². The Bertz CT molecular complexity index is 1380. The summed E-state index contributed by atoms with van der Waals surface area (Å²) in [5, 5.41) is 17.0. The number of hydrogen-bond acceptors (Lipinski definition) is 14. The summed E-state index contributed by atoms with van der Waals surface area (Å²) in [6.45, 7) is 7.63. The lowest BCUT2D eigenvalue weighted by molar-refractivity contribution is -0.162. The van der Waals surface area contributed by atoms with Crippen molar-refractivity contribution in [2.75, 3.05) is 6.54 Å². The van der Waals surface area contributed by atoms with Crippen molar-refractivity contribution in [3.05, 3.63) is 48.0 Å². The number of carbonyl (C=O) groups excluding carboxylic acids is 3. The molecule has 0 aliphatic carbocycles. The molecular weight excluding hydrogens is 668 g/mol. The van der Waals surface area contributed by atoms with Crippen LogP contribution < -0.4 is 44.9 Å². The summed E-state index contributed by atoms with van der Waals surface area (Å²) >= 11 is 0. The van der Waals surface area contributed by atoms with Gasteiger partial charge in [-0.15, -0.1) is 0 Å². The molecule has 2 aromatic rings. The van der Waals surface area contributed by atoms with Gasteiger partial charge in [0.05, 0.1) is 6.33 Å². The summed E-state index contributed by atoms with van der Waals surface area (Å²) in [4.78, 5) is 66.3. The number of aliphatic carboxylic acids is 2. The second-order valence-electron chi connectivity index (χ2n) is 11.9. The molecule has 0 amide bonds. The third-order valence-corrected chi connectivity index (χ3v) is 7.22. The van der Waals surface area contributed by atoms with Crippen LogP contribution in [-0.2, 0) is 41.6 Å². The van der Waals surface area contributed by atoms with E-state index < -0.39 is 60.1 Å². The number of carbonyl (C=O) groups is 5. The molecule has 0 saturated carbocycles. The first kappa shape index (κ1) is 46.0. The van der Waals surface area contributed by atoms with Crippen LogP contribution in [0.2, 0.25) is 0 Å². The molecule has 286 valence electrons. The van der Waals surface area contributed by atoms with Crippen molar-refractivity contribution in [1.29, 1.82) is 0 Å². The Labute approximate surface area is 296 Å². The van der Waals surface area contributed by atoms with Crippen molar-refractivity contribution >= 4 is 35.8 Å². The van der Waals surface area contributed by atoms with Gasteiger partial charge in [-0.3, -0.25) is 14.6 Å². The lowest BCUT2D eigenvalue weighted by atomic mass is 10.0. The second kappa shape index (κ2) is 24.2. The first-order chi connectivity index (χ1) is 23.8. The lowest BCUT2D eigenvalue weighted by Gasteiger charge is -2.17. The van der Waals surface area contributed by atoms with E-state index in [0.717, 1.165) is 17.7 Å². The first-order valence-corrected chi connectivity index (χ1v) is 16.1. The number of carboxylic acids is 2. The Morgan fingerprint density at radius 3 is 1.88 bits per heavy atom. The molecule has 1 aromatic heterocycles. The minimum atomic E-state index is -1.06. The average molecular weight is 723 g/mol. The zero-order valence-corrected chi connectivity index (χ0v) is 29.4. The molecule has 51 heavy (non-hydrogen) atoms. The molecule has 0 aliphatic rings. The summed E-state index contributed by atoms with van der Waals surface area (Å²) in [7, 11) is 0. The fraction of sp³-hybridized carbons (Fsp3) is 0.531. The third-order valence-electron chi connectivity index (χ3n) is 7.22. The average Bonchev–Trinajstić information content (AvgIpc) is 3.59. The van der Waals surface area contributed by atoms with E-state index in [1.807, 2.05) is 13.8 Å². The number of nitrogens with zero attached hydrogens (tertiary/aromatic N) is 2. The van der Waals surface area contributed by atoms with E-state index in [-0.39, 0.29) is 24.2 Å².